The van der Waals surface area contributed by atoms with Gasteiger partial charge in [0.25, 0.3) is 0 Å². The first-order valence-electron chi connectivity index (χ1n) is 10.5. The van der Waals surface area contributed by atoms with Gasteiger partial charge in [-0.25, -0.2) is 0 Å². The molecule has 0 spiro atoms. The fraction of sp³-hybridized carbons (Fsp3) is 0.500. The van der Waals surface area contributed by atoms with Crippen LogP contribution in [0.4, 0.5) is 0 Å². The van der Waals surface area contributed by atoms with Crippen molar-refractivity contribution < 1.29 is 9.47 Å². The average Bonchev–Trinajstić information content (AvgIpc) is 3.24. The number of hydrogen-bond acceptors (Lipinski definition) is 3. The van der Waals surface area contributed by atoms with Crippen LogP contribution in [-0.2, 0) is 6.61 Å². The van der Waals surface area contributed by atoms with Gasteiger partial charge in [-0.15, -0.1) is 12.4 Å². The number of rotatable bonds is 12. The monoisotopic (exact) mass is 403 g/mol. The summed E-state index contributed by atoms with van der Waals surface area (Å²) >= 11 is 0. The van der Waals surface area contributed by atoms with Gasteiger partial charge in [-0.1, -0.05) is 49.6 Å². The lowest BCUT2D eigenvalue weighted by Gasteiger charge is -2.13. The highest BCUT2D eigenvalue weighted by atomic mass is 35.5. The molecule has 0 aliphatic carbocycles. The third-order valence-electron chi connectivity index (χ3n) is 5.16. The molecule has 2 aromatic carbocycles. The molecule has 0 radical (unpaired) electrons. The molecule has 1 saturated heterocycles. The first-order valence-corrected chi connectivity index (χ1v) is 10.5. The Balaban J connectivity index is 0.00000280. The van der Waals surface area contributed by atoms with Gasteiger partial charge in [0.15, 0.2) is 0 Å². The Kier molecular flexibility index (Phi) is 10.9. The molecule has 3 nitrogen and oxygen atoms in total. The summed E-state index contributed by atoms with van der Waals surface area (Å²) in [7, 11) is 0. The first-order chi connectivity index (χ1) is 13.4. The predicted molar refractivity (Wildman–Crippen MR) is 119 cm³/mol. The van der Waals surface area contributed by atoms with Gasteiger partial charge in [0, 0.05) is 0 Å². The van der Waals surface area contributed by atoms with Gasteiger partial charge < -0.3 is 14.4 Å². The Bertz CT molecular complexity index is 627. The maximum absolute atomic E-state index is 5.85. The van der Waals surface area contributed by atoms with Crippen LogP contribution in [0.3, 0.4) is 0 Å². The SMILES string of the molecule is Cl.c1ccc(COc2ccc(OCCCCCCCN3CCCC3)cc2)cc1. The Morgan fingerprint density at radius 3 is 2.00 bits per heavy atom. The van der Waals surface area contributed by atoms with Crippen molar-refractivity contribution in [1.82, 2.24) is 4.90 Å². The molecule has 28 heavy (non-hydrogen) atoms. The quantitative estimate of drug-likeness (QED) is 0.399. The van der Waals surface area contributed by atoms with Crippen molar-refractivity contribution in [3.05, 3.63) is 60.2 Å². The topological polar surface area (TPSA) is 21.7 Å². The highest BCUT2D eigenvalue weighted by Crippen LogP contribution is 2.19. The molecule has 0 atom stereocenters. The van der Waals surface area contributed by atoms with Crippen molar-refractivity contribution in [2.24, 2.45) is 0 Å². The number of hydrogen-bond donors (Lipinski definition) is 0. The smallest absolute Gasteiger partial charge is 0.120 e. The maximum Gasteiger partial charge on any atom is 0.120 e. The van der Waals surface area contributed by atoms with Gasteiger partial charge in [-0.3, -0.25) is 0 Å². The lowest BCUT2D eigenvalue weighted by atomic mass is 10.1. The van der Waals surface area contributed by atoms with Crippen LogP contribution in [0.15, 0.2) is 54.6 Å². The standard InChI is InChI=1S/C24H33NO2.ClH/c1(2-7-17-25-18-8-9-19-25)3-10-20-26-23-13-15-24(16-14-23)27-21-22-11-5-4-6-12-22;/h4-6,11-16H,1-3,7-10,17-21H2;1H. The van der Waals surface area contributed by atoms with Gasteiger partial charge in [0.1, 0.15) is 18.1 Å². The second kappa shape index (κ2) is 13.5. The van der Waals surface area contributed by atoms with E-state index in [1.807, 2.05) is 42.5 Å². The van der Waals surface area contributed by atoms with E-state index >= 15 is 0 Å². The fourth-order valence-corrected chi connectivity index (χ4v) is 3.54. The van der Waals surface area contributed by atoms with Crippen LogP contribution in [0.1, 0.15) is 50.5 Å². The van der Waals surface area contributed by atoms with E-state index in [9.17, 15) is 0 Å². The molecule has 1 fully saturated rings. The van der Waals surface area contributed by atoms with Crippen molar-refractivity contribution in [3.63, 3.8) is 0 Å². The Labute approximate surface area is 176 Å². The predicted octanol–water partition coefficient (Wildman–Crippen LogP) is 6.11. The average molecular weight is 404 g/mol. The summed E-state index contributed by atoms with van der Waals surface area (Å²) in [6, 6.07) is 18.2. The van der Waals surface area contributed by atoms with E-state index in [-0.39, 0.29) is 12.4 Å². The molecule has 154 valence electrons. The Morgan fingerprint density at radius 1 is 0.679 bits per heavy atom. The summed E-state index contributed by atoms with van der Waals surface area (Å²) < 4.78 is 11.7. The highest BCUT2D eigenvalue weighted by Gasteiger charge is 2.09. The number of halogens is 1. The summed E-state index contributed by atoms with van der Waals surface area (Å²) in [6.45, 7) is 5.35. The second-order valence-electron chi connectivity index (χ2n) is 7.41. The molecule has 1 aliphatic heterocycles. The molecule has 2 aromatic rings. The van der Waals surface area contributed by atoms with E-state index < -0.39 is 0 Å². The molecule has 0 aromatic heterocycles. The van der Waals surface area contributed by atoms with E-state index in [1.165, 1.54) is 63.7 Å². The van der Waals surface area contributed by atoms with Crippen molar-refractivity contribution in [1.29, 1.82) is 0 Å². The zero-order valence-electron chi connectivity index (χ0n) is 16.9. The highest BCUT2D eigenvalue weighted by molar-refractivity contribution is 5.85. The van der Waals surface area contributed by atoms with E-state index in [0.29, 0.717) is 6.61 Å². The molecule has 0 amide bonds. The lowest BCUT2D eigenvalue weighted by Crippen LogP contribution is -2.20. The summed E-state index contributed by atoms with van der Waals surface area (Å²) in [5.74, 6) is 1.81. The van der Waals surface area contributed by atoms with Crippen molar-refractivity contribution in [2.75, 3.05) is 26.2 Å². The minimum Gasteiger partial charge on any atom is -0.494 e. The molecule has 1 aliphatic rings. The van der Waals surface area contributed by atoms with Gasteiger partial charge in [-0.05, 0) is 75.1 Å². The molecule has 4 heteroatoms. The molecule has 0 unspecified atom stereocenters. The zero-order valence-corrected chi connectivity index (χ0v) is 17.7. The van der Waals surface area contributed by atoms with Gasteiger partial charge in [0.05, 0.1) is 6.61 Å². The molecule has 0 N–H and O–H groups in total. The van der Waals surface area contributed by atoms with Crippen LogP contribution in [0.5, 0.6) is 11.5 Å². The molecular weight excluding hydrogens is 370 g/mol. The number of nitrogens with zero attached hydrogens (tertiary/aromatic N) is 1. The third kappa shape index (κ3) is 8.53. The Morgan fingerprint density at radius 2 is 1.29 bits per heavy atom. The van der Waals surface area contributed by atoms with Crippen LogP contribution < -0.4 is 9.47 Å². The maximum atomic E-state index is 5.85. The number of likely N-dealkylation sites (tertiary alicyclic amines) is 1. The summed E-state index contributed by atoms with van der Waals surface area (Å²) in [4.78, 5) is 2.61. The van der Waals surface area contributed by atoms with Crippen LogP contribution in [0, 0.1) is 0 Å². The lowest BCUT2D eigenvalue weighted by molar-refractivity contribution is 0.295. The Hall–Kier alpha value is -1.71. The van der Waals surface area contributed by atoms with E-state index in [4.69, 9.17) is 9.47 Å². The first kappa shape index (κ1) is 22.6. The molecular formula is C24H34ClNO2. The van der Waals surface area contributed by atoms with Gasteiger partial charge >= 0.3 is 0 Å². The molecule has 3 rings (SSSR count). The second-order valence-corrected chi connectivity index (χ2v) is 7.41. The van der Waals surface area contributed by atoms with Crippen molar-refractivity contribution in [2.45, 2.75) is 51.6 Å². The van der Waals surface area contributed by atoms with Crippen LogP contribution in [-0.4, -0.2) is 31.1 Å². The number of ether oxygens (including phenoxy) is 2. The minimum atomic E-state index is 0. The van der Waals surface area contributed by atoms with E-state index in [1.54, 1.807) is 0 Å². The summed E-state index contributed by atoms with van der Waals surface area (Å²) in [5, 5.41) is 0. The van der Waals surface area contributed by atoms with Crippen molar-refractivity contribution >= 4 is 12.4 Å². The largest absolute Gasteiger partial charge is 0.494 e. The van der Waals surface area contributed by atoms with Crippen LogP contribution in [0.25, 0.3) is 0 Å². The molecule has 0 bridgehead atoms. The fourth-order valence-electron chi connectivity index (χ4n) is 3.54. The number of benzene rings is 2. The molecule has 0 saturated carbocycles. The van der Waals surface area contributed by atoms with Gasteiger partial charge in [0.2, 0.25) is 0 Å². The van der Waals surface area contributed by atoms with Crippen LogP contribution >= 0.6 is 12.4 Å². The normalized spacial score (nSPS) is 13.9. The third-order valence-corrected chi connectivity index (χ3v) is 5.16. The zero-order chi connectivity index (χ0) is 18.6. The summed E-state index contributed by atoms with van der Waals surface area (Å²) in [6.07, 6.45) is 9.22. The number of unbranched alkanes of at least 4 members (excludes halogenated alkanes) is 4. The van der Waals surface area contributed by atoms with E-state index in [0.717, 1.165) is 24.5 Å². The minimum absolute atomic E-state index is 0. The van der Waals surface area contributed by atoms with Gasteiger partial charge in [-0.2, -0.15) is 0 Å². The summed E-state index contributed by atoms with van der Waals surface area (Å²) in [5.41, 5.74) is 1.18. The molecule has 1 heterocycles. The van der Waals surface area contributed by atoms with E-state index in [2.05, 4.69) is 17.0 Å². The van der Waals surface area contributed by atoms with Crippen molar-refractivity contribution in [3.8, 4) is 11.5 Å². The van der Waals surface area contributed by atoms with Crippen LogP contribution in [0.2, 0.25) is 0 Å².